The van der Waals surface area contributed by atoms with Crippen molar-refractivity contribution in [1.82, 2.24) is 4.72 Å². The van der Waals surface area contributed by atoms with Gasteiger partial charge in [-0.15, -0.1) is 0 Å². The lowest BCUT2D eigenvalue weighted by Crippen LogP contribution is -2.50. The summed E-state index contributed by atoms with van der Waals surface area (Å²) in [6.07, 6.45) is 2.61. The zero-order valence-corrected chi connectivity index (χ0v) is 12.6. The van der Waals surface area contributed by atoms with Gasteiger partial charge < -0.3 is 0 Å². The van der Waals surface area contributed by atoms with E-state index in [0.29, 0.717) is 0 Å². The molecule has 0 unspecified atom stereocenters. The first-order valence-corrected chi connectivity index (χ1v) is 9.50. The Bertz CT molecular complexity index is 676. The largest absolute Gasteiger partial charge is 0.261 e. The number of sulfonamides is 1. The van der Waals surface area contributed by atoms with Gasteiger partial charge in [-0.2, -0.15) is 0 Å². The number of hydrogen-bond donors (Lipinski definition) is 1. The van der Waals surface area contributed by atoms with Crippen molar-refractivity contribution in [2.24, 2.45) is 0 Å². The second-order valence-corrected chi connectivity index (χ2v) is 9.18. The van der Waals surface area contributed by atoms with E-state index in [1.54, 1.807) is 0 Å². The van der Waals surface area contributed by atoms with Crippen LogP contribution in [-0.2, 0) is 19.1 Å². The Morgan fingerprint density at radius 1 is 1.05 bits per heavy atom. The van der Waals surface area contributed by atoms with Crippen molar-refractivity contribution in [1.29, 1.82) is 0 Å². The molecular weight excluding hydrogens is 310 g/mol. The quantitative estimate of drug-likeness (QED) is 0.857. The number of nitrogens with one attached hydrogen (secondary N) is 1. The van der Waals surface area contributed by atoms with Gasteiger partial charge in [-0.05, 0) is 50.5 Å². The molecule has 0 heterocycles. The molecule has 19 heavy (non-hydrogen) atoms. The summed E-state index contributed by atoms with van der Waals surface area (Å²) in [6, 6.07) is 4.83. The molecule has 0 radical (unpaired) electrons. The average Bonchev–Trinajstić information content (AvgIpc) is 2.25. The molecule has 8 heteroatoms. The van der Waals surface area contributed by atoms with E-state index in [2.05, 4.69) is 4.72 Å². The molecule has 1 aromatic rings. The van der Waals surface area contributed by atoms with Gasteiger partial charge in [0.25, 0.3) is 9.05 Å². The Balaban J connectivity index is 2.26. The standard InChI is InChI=1S/C11H14ClNO4S2/c1-11(7-2-8-11)13-19(16,17)10-5-3-9(4-6-10)18(12,14)15/h3-6,13H,2,7-8H2,1H3. The van der Waals surface area contributed by atoms with Gasteiger partial charge >= 0.3 is 0 Å². The van der Waals surface area contributed by atoms with Crippen molar-refractivity contribution >= 4 is 29.8 Å². The lowest BCUT2D eigenvalue weighted by molar-refractivity contribution is 0.248. The molecule has 0 bridgehead atoms. The fraction of sp³-hybridized carbons (Fsp3) is 0.455. The van der Waals surface area contributed by atoms with Crippen molar-refractivity contribution < 1.29 is 16.8 Å². The van der Waals surface area contributed by atoms with Crippen LogP contribution in [0.4, 0.5) is 0 Å². The van der Waals surface area contributed by atoms with E-state index in [4.69, 9.17) is 10.7 Å². The van der Waals surface area contributed by atoms with Gasteiger partial charge in [0.05, 0.1) is 9.79 Å². The molecule has 5 nitrogen and oxygen atoms in total. The first-order valence-electron chi connectivity index (χ1n) is 5.71. The van der Waals surface area contributed by atoms with Gasteiger partial charge in [0.2, 0.25) is 10.0 Å². The summed E-state index contributed by atoms with van der Waals surface area (Å²) in [5, 5.41) is 0. The minimum absolute atomic E-state index is 0.0321. The second kappa shape index (κ2) is 4.73. The van der Waals surface area contributed by atoms with Crippen molar-refractivity contribution in [2.45, 2.75) is 41.5 Å². The van der Waals surface area contributed by atoms with Crippen molar-refractivity contribution in [3.05, 3.63) is 24.3 Å². The Hall–Kier alpha value is -0.630. The maximum atomic E-state index is 12.1. The van der Waals surface area contributed by atoms with Crippen LogP contribution in [0.2, 0.25) is 0 Å². The summed E-state index contributed by atoms with van der Waals surface area (Å²) in [7, 11) is -2.30. The lowest BCUT2D eigenvalue weighted by Gasteiger charge is -2.38. The van der Waals surface area contributed by atoms with Crippen molar-refractivity contribution in [2.75, 3.05) is 0 Å². The highest BCUT2D eigenvalue weighted by molar-refractivity contribution is 8.13. The molecule has 0 saturated heterocycles. The topological polar surface area (TPSA) is 80.3 Å². The van der Waals surface area contributed by atoms with E-state index in [-0.39, 0.29) is 9.79 Å². The second-order valence-electron chi connectivity index (χ2n) is 4.93. The van der Waals surface area contributed by atoms with E-state index in [9.17, 15) is 16.8 Å². The van der Waals surface area contributed by atoms with Crippen LogP contribution in [0.3, 0.4) is 0 Å². The van der Waals surface area contributed by atoms with Crippen LogP contribution >= 0.6 is 10.7 Å². The maximum absolute atomic E-state index is 12.1. The Labute approximate surface area is 117 Å². The minimum Gasteiger partial charge on any atom is -0.207 e. The van der Waals surface area contributed by atoms with Crippen LogP contribution < -0.4 is 4.72 Å². The molecular formula is C11H14ClNO4S2. The highest BCUT2D eigenvalue weighted by Crippen LogP contribution is 2.32. The summed E-state index contributed by atoms with van der Waals surface area (Å²) in [5.41, 5.74) is -0.393. The summed E-state index contributed by atoms with van der Waals surface area (Å²) < 4.78 is 49.0. The van der Waals surface area contributed by atoms with Crippen molar-refractivity contribution in [3.63, 3.8) is 0 Å². The van der Waals surface area contributed by atoms with Gasteiger partial charge in [0.15, 0.2) is 0 Å². The monoisotopic (exact) mass is 323 g/mol. The molecule has 1 fully saturated rings. The van der Waals surface area contributed by atoms with Gasteiger partial charge in [-0.3, -0.25) is 0 Å². The third-order valence-corrected chi connectivity index (χ3v) is 6.28. The first kappa shape index (κ1) is 14.8. The van der Waals surface area contributed by atoms with E-state index in [0.717, 1.165) is 19.3 Å². The summed E-state index contributed by atoms with van der Waals surface area (Å²) in [6.45, 7) is 1.85. The molecule has 1 aromatic carbocycles. The van der Waals surface area contributed by atoms with Crippen molar-refractivity contribution in [3.8, 4) is 0 Å². The molecule has 0 aromatic heterocycles. The number of rotatable bonds is 4. The third kappa shape index (κ3) is 3.28. The summed E-state index contributed by atoms with van der Waals surface area (Å²) in [4.78, 5) is -0.0901. The average molecular weight is 324 g/mol. The Morgan fingerprint density at radius 2 is 1.53 bits per heavy atom. The highest BCUT2D eigenvalue weighted by atomic mass is 35.7. The predicted molar refractivity (Wildman–Crippen MR) is 72.1 cm³/mol. The van der Waals surface area contributed by atoms with E-state index in [1.807, 2.05) is 6.92 Å². The molecule has 1 saturated carbocycles. The van der Waals surface area contributed by atoms with Crippen LogP contribution in [0.25, 0.3) is 0 Å². The van der Waals surface area contributed by atoms with Crippen LogP contribution in [0.1, 0.15) is 26.2 Å². The van der Waals surface area contributed by atoms with Gasteiger partial charge in [-0.1, -0.05) is 0 Å². The molecule has 2 rings (SSSR count). The smallest absolute Gasteiger partial charge is 0.207 e. The Morgan fingerprint density at radius 3 is 1.89 bits per heavy atom. The summed E-state index contributed by atoms with van der Waals surface area (Å²) in [5.74, 6) is 0. The van der Waals surface area contributed by atoms with Crippen LogP contribution in [0.5, 0.6) is 0 Å². The van der Waals surface area contributed by atoms with E-state index < -0.39 is 24.6 Å². The molecule has 0 atom stereocenters. The molecule has 0 spiro atoms. The number of benzene rings is 1. The molecule has 1 N–H and O–H groups in total. The molecule has 106 valence electrons. The summed E-state index contributed by atoms with van der Waals surface area (Å²) >= 11 is 0. The number of halogens is 1. The SMILES string of the molecule is CC1(NS(=O)(=O)c2ccc(S(=O)(=O)Cl)cc2)CCC1. The van der Waals surface area contributed by atoms with Crippen LogP contribution in [0, 0.1) is 0 Å². The van der Waals surface area contributed by atoms with E-state index >= 15 is 0 Å². The molecule has 1 aliphatic carbocycles. The van der Waals surface area contributed by atoms with E-state index in [1.165, 1.54) is 24.3 Å². The maximum Gasteiger partial charge on any atom is 0.261 e. The van der Waals surface area contributed by atoms with Crippen LogP contribution in [0.15, 0.2) is 34.1 Å². The van der Waals surface area contributed by atoms with Gasteiger partial charge in [0, 0.05) is 16.2 Å². The molecule has 1 aliphatic rings. The lowest BCUT2D eigenvalue weighted by atomic mass is 9.80. The predicted octanol–water partition coefficient (Wildman–Crippen LogP) is 1.84. The zero-order valence-electron chi connectivity index (χ0n) is 10.3. The minimum atomic E-state index is -3.84. The normalized spacial score (nSPS) is 18.8. The fourth-order valence-electron chi connectivity index (χ4n) is 1.97. The van der Waals surface area contributed by atoms with Crippen LogP contribution in [-0.4, -0.2) is 22.4 Å². The Kier molecular flexibility index (Phi) is 3.68. The molecule has 0 aliphatic heterocycles. The fourth-order valence-corrected chi connectivity index (χ4v) is 4.21. The van der Waals surface area contributed by atoms with Gasteiger partial charge in [-0.25, -0.2) is 21.6 Å². The number of hydrogen-bond acceptors (Lipinski definition) is 4. The third-order valence-electron chi connectivity index (χ3n) is 3.25. The van der Waals surface area contributed by atoms with Gasteiger partial charge in [0.1, 0.15) is 0 Å². The zero-order chi connectivity index (χ0) is 14.3. The molecule has 0 amide bonds. The highest BCUT2D eigenvalue weighted by Gasteiger charge is 2.36. The first-order chi connectivity index (χ1) is 8.62.